The minimum Gasteiger partial charge on any atom is -0.403 e. The molecule has 0 aliphatic carbocycles. The Hall–Kier alpha value is -3.02. The molecule has 6 heteroatoms. The van der Waals surface area contributed by atoms with Crippen molar-refractivity contribution in [1.82, 2.24) is 15.5 Å². The Balaban J connectivity index is 3.57. The number of halogens is 1. The molecule has 0 aliphatic heterocycles. The van der Waals surface area contributed by atoms with E-state index in [0.717, 1.165) is 29.1 Å². The summed E-state index contributed by atoms with van der Waals surface area (Å²) in [6.45, 7) is 15.1. The van der Waals surface area contributed by atoms with Gasteiger partial charge in [-0.25, -0.2) is 0 Å². The largest absolute Gasteiger partial charge is 0.403 e. The smallest absolute Gasteiger partial charge is 0.0962 e. The Labute approximate surface area is 223 Å². The van der Waals surface area contributed by atoms with E-state index in [0.29, 0.717) is 28.8 Å². The van der Waals surface area contributed by atoms with E-state index in [-0.39, 0.29) is 6.04 Å². The summed E-state index contributed by atoms with van der Waals surface area (Å²) >= 11 is 6.19. The number of rotatable bonds is 14. The first-order chi connectivity index (χ1) is 17.1. The average molecular weight is 510 g/mol. The molecule has 2 unspecified atom stereocenters. The maximum absolute atomic E-state index is 9.33. The van der Waals surface area contributed by atoms with Crippen LogP contribution in [0.25, 0.3) is 0 Å². The number of nitrogens with zero attached hydrogens (tertiary/aromatic N) is 1. The van der Waals surface area contributed by atoms with Crippen LogP contribution in [0.1, 0.15) is 52.6 Å². The van der Waals surface area contributed by atoms with Gasteiger partial charge in [0.2, 0.25) is 0 Å². The standard InChI is InChI=1S/C30H44ClN5/c1-9-22(5)11-16-26(20-32)35-23(6)28(10-2)29(33)30(24-12-14-25(31)15-13-24)36(8)27(17-18-34-7)19-21(3)4/h10-17,19-20,22,30,33-35H,2,9,18,32H2,1,3-8H3/b16-11-,26-20+,27-17+,28-23-,33-29?. The zero-order chi connectivity index (χ0) is 27.3. The van der Waals surface area contributed by atoms with E-state index in [1.807, 2.05) is 51.4 Å². The zero-order valence-electron chi connectivity index (χ0n) is 23.0. The van der Waals surface area contributed by atoms with Crippen molar-refractivity contribution in [2.24, 2.45) is 11.7 Å². The third kappa shape index (κ3) is 9.56. The third-order valence-electron chi connectivity index (χ3n) is 5.86. The van der Waals surface area contributed by atoms with E-state index in [1.165, 1.54) is 5.57 Å². The van der Waals surface area contributed by atoms with E-state index in [4.69, 9.17) is 17.3 Å². The first kappa shape index (κ1) is 31.0. The van der Waals surface area contributed by atoms with E-state index in [9.17, 15) is 5.41 Å². The molecule has 0 aliphatic rings. The van der Waals surface area contributed by atoms with Gasteiger partial charge in [-0.2, -0.15) is 0 Å². The zero-order valence-corrected chi connectivity index (χ0v) is 23.7. The number of nitrogens with one attached hydrogen (secondary N) is 3. The predicted molar refractivity (Wildman–Crippen MR) is 158 cm³/mol. The molecular formula is C30H44ClN5. The molecule has 0 fully saturated rings. The molecule has 0 saturated heterocycles. The molecule has 0 spiro atoms. The van der Waals surface area contributed by atoms with Crippen LogP contribution in [0, 0.1) is 11.3 Å². The number of hydrogen-bond acceptors (Lipinski definition) is 5. The molecule has 0 radical (unpaired) electrons. The molecule has 0 bridgehead atoms. The van der Waals surface area contributed by atoms with Crippen LogP contribution < -0.4 is 16.4 Å². The predicted octanol–water partition coefficient (Wildman–Crippen LogP) is 6.85. The second-order valence-corrected chi connectivity index (χ2v) is 9.56. The third-order valence-corrected chi connectivity index (χ3v) is 6.12. The number of hydrogen-bond donors (Lipinski definition) is 4. The van der Waals surface area contributed by atoms with Crippen molar-refractivity contribution in [2.45, 2.75) is 47.1 Å². The molecule has 1 aromatic carbocycles. The van der Waals surface area contributed by atoms with Crippen LogP contribution in [-0.2, 0) is 0 Å². The summed E-state index contributed by atoms with van der Waals surface area (Å²) in [4.78, 5) is 2.12. The summed E-state index contributed by atoms with van der Waals surface area (Å²) < 4.78 is 0. The Morgan fingerprint density at radius 2 is 1.86 bits per heavy atom. The van der Waals surface area contributed by atoms with Crippen molar-refractivity contribution in [3.8, 4) is 0 Å². The van der Waals surface area contributed by atoms with Crippen LogP contribution in [0.5, 0.6) is 0 Å². The highest BCUT2D eigenvalue weighted by molar-refractivity contribution is 6.30. The van der Waals surface area contributed by atoms with Crippen LogP contribution in [0.2, 0.25) is 5.02 Å². The second-order valence-electron chi connectivity index (χ2n) is 9.12. The van der Waals surface area contributed by atoms with Gasteiger partial charge in [0.05, 0.1) is 17.5 Å². The van der Waals surface area contributed by atoms with Crippen molar-refractivity contribution in [1.29, 1.82) is 5.41 Å². The Morgan fingerprint density at radius 3 is 2.36 bits per heavy atom. The molecule has 0 saturated carbocycles. The maximum atomic E-state index is 9.33. The van der Waals surface area contributed by atoms with Crippen molar-refractivity contribution >= 4 is 17.3 Å². The van der Waals surface area contributed by atoms with Gasteiger partial charge in [-0.1, -0.05) is 68.3 Å². The van der Waals surface area contributed by atoms with Gasteiger partial charge in [0, 0.05) is 41.8 Å². The van der Waals surface area contributed by atoms with E-state index < -0.39 is 0 Å². The normalized spacial score (nSPS) is 14.7. The fourth-order valence-electron chi connectivity index (χ4n) is 3.62. The van der Waals surface area contributed by atoms with Crippen LogP contribution in [-0.4, -0.2) is 31.3 Å². The molecule has 5 N–H and O–H groups in total. The van der Waals surface area contributed by atoms with Gasteiger partial charge >= 0.3 is 0 Å². The SMILES string of the molecule is C=C/C(C(=N)C(c1ccc(Cl)cc1)N(C)/C(C=C(C)C)=C/CNC)=C(\C)NC(/C=C\C(C)CC)=C/N. The summed E-state index contributed by atoms with van der Waals surface area (Å²) in [6.07, 6.45) is 12.7. The Kier molecular flexibility index (Phi) is 13.7. The molecule has 196 valence electrons. The lowest BCUT2D eigenvalue weighted by atomic mass is 9.93. The van der Waals surface area contributed by atoms with Crippen LogP contribution in [0.15, 0.2) is 95.7 Å². The van der Waals surface area contributed by atoms with Gasteiger partial charge in [0.15, 0.2) is 0 Å². The first-order valence-electron chi connectivity index (χ1n) is 12.4. The number of allylic oxidation sites excluding steroid dienone is 6. The highest BCUT2D eigenvalue weighted by Gasteiger charge is 2.26. The van der Waals surface area contributed by atoms with Gasteiger partial charge in [-0.05, 0) is 69.7 Å². The van der Waals surface area contributed by atoms with Crippen LogP contribution in [0.4, 0.5) is 0 Å². The summed E-state index contributed by atoms with van der Waals surface area (Å²) in [5.41, 5.74) is 11.7. The minimum atomic E-state index is -0.369. The monoisotopic (exact) mass is 509 g/mol. The molecular weight excluding hydrogens is 466 g/mol. The van der Waals surface area contributed by atoms with Gasteiger partial charge in [-0.3, -0.25) is 0 Å². The minimum absolute atomic E-state index is 0.369. The van der Waals surface area contributed by atoms with E-state index in [1.54, 1.807) is 12.3 Å². The quantitative estimate of drug-likeness (QED) is 0.163. The lowest BCUT2D eigenvalue weighted by Crippen LogP contribution is -2.32. The Morgan fingerprint density at radius 1 is 1.22 bits per heavy atom. The maximum Gasteiger partial charge on any atom is 0.0962 e. The molecule has 0 amide bonds. The average Bonchev–Trinajstić information content (AvgIpc) is 2.85. The van der Waals surface area contributed by atoms with Crippen molar-refractivity contribution < 1.29 is 0 Å². The van der Waals surface area contributed by atoms with Gasteiger partial charge in [-0.15, -0.1) is 0 Å². The lowest BCUT2D eigenvalue weighted by Gasteiger charge is -2.33. The topological polar surface area (TPSA) is 77.2 Å². The molecule has 36 heavy (non-hydrogen) atoms. The molecule has 0 aromatic heterocycles. The Bertz CT molecular complexity index is 1020. The summed E-state index contributed by atoms with van der Waals surface area (Å²) in [5.74, 6) is 0.448. The number of benzene rings is 1. The fourth-order valence-corrected chi connectivity index (χ4v) is 3.75. The highest BCUT2D eigenvalue weighted by Crippen LogP contribution is 2.30. The van der Waals surface area contributed by atoms with Gasteiger partial charge in [0.1, 0.15) is 0 Å². The molecule has 2 atom stereocenters. The highest BCUT2D eigenvalue weighted by atomic mass is 35.5. The summed E-state index contributed by atoms with van der Waals surface area (Å²) in [7, 11) is 3.93. The lowest BCUT2D eigenvalue weighted by molar-refractivity contribution is 0.388. The van der Waals surface area contributed by atoms with E-state index >= 15 is 0 Å². The van der Waals surface area contributed by atoms with Gasteiger partial charge < -0.3 is 26.7 Å². The molecule has 1 aromatic rings. The summed E-state index contributed by atoms with van der Waals surface area (Å²) in [6, 6.07) is 7.30. The first-order valence-corrected chi connectivity index (χ1v) is 12.7. The number of nitrogens with two attached hydrogens (primary N) is 1. The van der Waals surface area contributed by atoms with Crippen molar-refractivity contribution in [3.05, 3.63) is 106 Å². The molecule has 1 rings (SSSR count). The van der Waals surface area contributed by atoms with E-state index in [2.05, 4.69) is 68.0 Å². The summed E-state index contributed by atoms with van der Waals surface area (Å²) in [5, 5.41) is 16.5. The molecule has 5 nitrogen and oxygen atoms in total. The van der Waals surface area contributed by atoms with Crippen LogP contribution >= 0.6 is 11.6 Å². The van der Waals surface area contributed by atoms with Gasteiger partial charge in [0.25, 0.3) is 0 Å². The van der Waals surface area contributed by atoms with Crippen LogP contribution in [0.3, 0.4) is 0 Å². The van der Waals surface area contributed by atoms with Crippen molar-refractivity contribution in [2.75, 3.05) is 20.6 Å². The second kappa shape index (κ2) is 15.9. The molecule has 0 heterocycles. The fraction of sp³-hybridized carbons (Fsp3) is 0.367. The number of likely N-dealkylation sites (N-methyl/N-ethyl adjacent to an activating group) is 2. The van der Waals surface area contributed by atoms with Crippen molar-refractivity contribution in [3.63, 3.8) is 0 Å².